The highest BCUT2D eigenvalue weighted by atomic mass is 32.2. The van der Waals surface area contributed by atoms with Crippen molar-refractivity contribution in [3.63, 3.8) is 0 Å². The predicted octanol–water partition coefficient (Wildman–Crippen LogP) is 3.18. The minimum absolute atomic E-state index is 0.0746. The third-order valence-electron chi connectivity index (χ3n) is 4.97. The van der Waals surface area contributed by atoms with Gasteiger partial charge in [0.25, 0.3) is 0 Å². The fourth-order valence-electron chi connectivity index (χ4n) is 3.30. The quantitative estimate of drug-likeness (QED) is 0.908. The second-order valence-electron chi connectivity index (χ2n) is 6.49. The Balaban J connectivity index is 1.67. The molecule has 0 radical (unpaired) electrons. The average molecular weight is 307 g/mol. The molecule has 1 heterocycles. The molecule has 3 nitrogen and oxygen atoms in total. The van der Waals surface area contributed by atoms with Crippen molar-refractivity contribution in [3.05, 3.63) is 29.8 Å². The van der Waals surface area contributed by atoms with Crippen LogP contribution < -0.4 is 10.1 Å². The summed E-state index contributed by atoms with van der Waals surface area (Å²) >= 11 is 0. The number of para-hydroxylation sites is 1. The molecule has 3 atom stereocenters. The van der Waals surface area contributed by atoms with Gasteiger partial charge in [0.2, 0.25) is 0 Å². The summed E-state index contributed by atoms with van der Waals surface area (Å²) in [4.78, 5) is 0. The molecule has 0 amide bonds. The molecule has 0 aromatic heterocycles. The molecule has 2 aliphatic rings. The maximum atomic E-state index is 11.4. The van der Waals surface area contributed by atoms with Crippen LogP contribution in [-0.2, 0) is 10.8 Å². The third kappa shape index (κ3) is 3.16. The van der Waals surface area contributed by atoms with E-state index < -0.39 is 10.8 Å². The summed E-state index contributed by atoms with van der Waals surface area (Å²) in [5, 5.41) is 3.93. The monoisotopic (exact) mass is 307 g/mol. The molecule has 1 aliphatic carbocycles. The van der Waals surface area contributed by atoms with Gasteiger partial charge in [-0.05, 0) is 38.3 Å². The van der Waals surface area contributed by atoms with E-state index >= 15 is 0 Å². The van der Waals surface area contributed by atoms with Crippen molar-refractivity contribution >= 4 is 10.8 Å². The van der Waals surface area contributed by atoms with Crippen molar-refractivity contribution in [3.8, 4) is 5.75 Å². The second-order valence-corrected chi connectivity index (χ2v) is 8.29. The SMILES string of the molecule is C[C@@H](CCN[C@@H]1CC2(CCC2)Oc2ccccc21)[S@](C)=O. The molecule has 1 fully saturated rings. The Labute approximate surface area is 129 Å². The first kappa shape index (κ1) is 15.0. The summed E-state index contributed by atoms with van der Waals surface area (Å²) < 4.78 is 17.7. The number of benzene rings is 1. The topological polar surface area (TPSA) is 38.3 Å². The molecule has 4 heteroatoms. The number of rotatable bonds is 5. The lowest BCUT2D eigenvalue weighted by atomic mass is 9.73. The molecule has 1 aliphatic heterocycles. The Kier molecular flexibility index (Phi) is 4.36. The second kappa shape index (κ2) is 6.09. The lowest BCUT2D eigenvalue weighted by Crippen LogP contribution is -2.49. The molecule has 1 N–H and O–H groups in total. The first-order chi connectivity index (χ1) is 10.1. The Bertz CT molecular complexity index is 527. The third-order valence-corrected chi connectivity index (χ3v) is 6.34. The van der Waals surface area contributed by atoms with Crippen LogP contribution in [0.5, 0.6) is 5.75 Å². The van der Waals surface area contributed by atoms with Gasteiger partial charge in [-0.25, -0.2) is 0 Å². The zero-order valence-corrected chi connectivity index (χ0v) is 13.7. The Morgan fingerprint density at radius 1 is 1.43 bits per heavy atom. The molecular weight excluding hydrogens is 282 g/mol. The van der Waals surface area contributed by atoms with E-state index in [0.29, 0.717) is 6.04 Å². The molecule has 3 rings (SSSR count). The highest BCUT2D eigenvalue weighted by molar-refractivity contribution is 7.84. The van der Waals surface area contributed by atoms with Gasteiger partial charge in [-0.2, -0.15) is 0 Å². The smallest absolute Gasteiger partial charge is 0.124 e. The zero-order valence-electron chi connectivity index (χ0n) is 12.9. The molecule has 116 valence electrons. The van der Waals surface area contributed by atoms with Crippen LogP contribution in [0.4, 0.5) is 0 Å². The average Bonchev–Trinajstić information content (AvgIpc) is 2.45. The first-order valence-electron chi connectivity index (χ1n) is 7.93. The molecule has 1 aromatic rings. The lowest BCUT2D eigenvalue weighted by Gasteiger charge is -2.48. The fraction of sp³-hybridized carbons (Fsp3) is 0.647. The number of fused-ring (bicyclic) bond motifs is 1. The van der Waals surface area contributed by atoms with E-state index in [9.17, 15) is 4.21 Å². The number of hydrogen-bond donors (Lipinski definition) is 1. The standard InChI is InChI=1S/C17H25NO2S/c1-13(21(2)19)8-11-18-15-12-17(9-5-10-17)20-16-7-4-3-6-14(15)16/h3-4,6-7,13,15,18H,5,8-12H2,1-2H3/t13-,15+,21-/m0/s1. The van der Waals surface area contributed by atoms with Crippen LogP contribution in [0.15, 0.2) is 24.3 Å². The van der Waals surface area contributed by atoms with Crippen LogP contribution >= 0.6 is 0 Å². The van der Waals surface area contributed by atoms with Crippen molar-refractivity contribution in [2.75, 3.05) is 12.8 Å². The maximum Gasteiger partial charge on any atom is 0.124 e. The highest BCUT2D eigenvalue weighted by Crippen LogP contribution is 2.48. The van der Waals surface area contributed by atoms with Gasteiger partial charge in [0.1, 0.15) is 11.4 Å². The summed E-state index contributed by atoms with van der Waals surface area (Å²) in [5.74, 6) is 1.05. The van der Waals surface area contributed by atoms with Crippen molar-refractivity contribution in [2.45, 2.75) is 55.9 Å². The van der Waals surface area contributed by atoms with Gasteiger partial charge in [0.05, 0.1) is 0 Å². The molecular formula is C17H25NO2S. The highest BCUT2D eigenvalue weighted by Gasteiger charge is 2.45. The van der Waals surface area contributed by atoms with E-state index in [-0.39, 0.29) is 10.9 Å². The molecule has 21 heavy (non-hydrogen) atoms. The predicted molar refractivity (Wildman–Crippen MR) is 87.2 cm³/mol. The van der Waals surface area contributed by atoms with E-state index in [1.54, 1.807) is 6.26 Å². The summed E-state index contributed by atoms with van der Waals surface area (Å²) in [5.41, 5.74) is 1.35. The van der Waals surface area contributed by atoms with Crippen molar-refractivity contribution in [1.29, 1.82) is 0 Å². The Hall–Kier alpha value is -0.870. The summed E-state index contributed by atoms with van der Waals surface area (Å²) in [6, 6.07) is 8.76. The molecule has 1 spiro atoms. The van der Waals surface area contributed by atoms with E-state index in [2.05, 4.69) is 36.5 Å². The molecule has 1 saturated carbocycles. The summed E-state index contributed by atoms with van der Waals surface area (Å²) in [7, 11) is -0.732. The van der Waals surface area contributed by atoms with Crippen molar-refractivity contribution < 1.29 is 8.95 Å². The maximum absolute atomic E-state index is 11.4. The number of ether oxygens (including phenoxy) is 1. The molecule has 0 saturated heterocycles. The van der Waals surface area contributed by atoms with Crippen LogP contribution in [0, 0.1) is 0 Å². The summed E-state index contributed by atoms with van der Waals surface area (Å²) in [6.45, 7) is 2.97. The van der Waals surface area contributed by atoms with Crippen LogP contribution in [0.3, 0.4) is 0 Å². The number of hydrogen-bond acceptors (Lipinski definition) is 3. The Morgan fingerprint density at radius 3 is 2.86 bits per heavy atom. The zero-order chi connectivity index (χ0) is 14.9. The van der Waals surface area contributed by atoms with Gasteiger partial charge in [0.15, 0.2) is 0 Å². The largest absolute Gasteiger partial charge is 0.487 e. The van der Waals surface area contributed by atoms with Gasteiger partial charge in [-0.15, -0.1) is 0 Å². The minimum atomic E-state index is -0.732. The van der Waals surface area contributed by atoms with Crippen LogP contribution in [0.25, 0.3) is 0 Å². The van der Waals surface area contributed by atoms with Crippen molar-refractivity contribution in [2.24, 2.45) is 0 Å². The normalized spacial score (nSPS) is 25.5. The van der Waals surface area contributed by atoms with Gasteiger partial charge < -0.3 is 10.1 Å². The van der Waals surface area contributed by atoms with E-state index in [1.165, 1.54) is 24.8 Å². The van der Waals surface area contributed by atoms with E-state index in [1.807, 2.05) is 0 Å². The van der Waals surface area contributed by atoms with Crippen LogP contribution in [0.2, 0.25) is 0 Å². The first-order valence-corrected chi connectivity index (χ1v) is 9.55. The number of nitrogens with one attached hydrogen (secondary N) is 1. The van der Waals surface area contributed by atoms with Gasteiger partial charge in [-0.1, -0.05) is 25.1 Å². The molecule has 0 unspecified atom stereocenters. The van der Waals surface area contributed by atoms with Crippen LogP contribution in [0.1, 0.15) is 50.6 Å². The lowest BCUT2D eigenvalue weighted by molar-refractivity contribution is -0.0368. The van der Waals surface area contributed by atoms with E-state index in [0.717, 1.165) is 25.1 Å². The molecule has 1 aromatic carbocycles. The van der Waals surface area contributed by atoms with Gasteiger partial charge in [-0.3, -0.25) is 4.21 Å². The molecule has 0 bridgehead atoms. The fourth-order valence-corrected chi connectivity index (χ4v) is 3.75. The Morgan fingerprint density at radius 2 is 2.19 bits per heavy atom. The minimum Gasteiger partial charge on any atom is -0.487 e. The summed E-state index contributed by atoms with van der Waals surface area (Å²) in [6.07, 6.45) is 7.44. The van der Waals surface area contributed by atoms with Gasteiger partial charge in [0, 0.05) is 40.3 Å². The van der Waals surface area contributed by atoms with E-state index in [4.69, 9.17) is 4.74 Å². The van der Waals surface area contributed by atoms with Crippen LogP contribution in [-0.4, -0.2) is 27.9 Å². The van der Waals surface area contributed by atoms with Crippen molar-refractivity contribution in [1.82, 2.24) is 5.32 Å². The van der Waals surface area contributed by atoms with Gasteiger partial charge >= 0.3 is 0 Å².